The zero-order valence-corrected chi connectivity index (χ0v) is 54.3. The standard InChI is InChI=1S/C61H88N16O16S2/c1-33(80)50(76-53(85)42(15-8-9-22-62)71-54(86)44(27-36-28-68-40-14-7-6-13-38(36)40)73-52(84)39(63)25-35-17-19-37(81)20-18-35)59(91)77(2)48(26-34-11-4-3-5-12-34)58(90)72-43(60(92)93)21-24-95-32-49(82)69-45(29-78)55(87)74-46(30-79)56(88)75-47(31-94)57(89)70-41(51(64)83)16-10-23-67-61(65)66/h3-7,11-14,17-20,28,33,39,41-48,50,68,78-81,94H,8-10,15-16,21-27,29-32,62-63H2,1-2H3,(H2,64,83)(H,69,82)(H,70,89)(H,71,86)(H,72,90)(H,73,84)(H,74,87)(H,75,88)(H,76,85)(H,92,93)(H4,65,66,67)/t33-,39+,41+,42+,43+,44-,45+,46+,47+,48+,50+/m1/s1. The maximum atomic E-state index is 14.6. The molecule has 1 heterocycles. The molecule has 0 spiro atoms. The van der Waals surface area contributed by atoms with Crippen LogP contribution in [0, 0.1) is 0 Å². The first-order chi connectivity index (χ1) is 45.2. The van der Waals surface area contributed by atoms with Crippen LogP contribution in [0.2, 0.25) is 0 Å². The Labute approximate surface area is 557 Å². The maximum absolute atomic E-state index is 14.6. The van der Waals surface area contributed by atoms with Crippen LogP contribution in [-0.2, 0) is 72.0 Å². The number of guanidine groups is 1. The van der Waals surface area contributed by atoms with Gasteiger partial charge >= 0.3 is 5.97 Å². The van der Waals surface area contributed by atoms with E-state index in [1.54, 1.807) is 54.7 Å². The van der Waals surface area contributed by atoms with Gasteiger partial charge in [0.15, 0.2) is 5.96 Å². The summed E-state index contributed by atoms with van der Waals surface area (Å²) in [6.07, 6.45) is 0.500. The average molecular weight is 1370 g/mol. The molecule has 32 nitrogen and oxygen atoms in total. The topological polar surface area (TPSA) is 547 Å². The summed E-state index contributed by atoms with van der Waals surface area (Å²) in [5.74, 6) is -11.7. The number of hydrogen-bond donors (Lipinski definition) is 20. The van der Waals surface area contributed by atoms with Gasteiger partial charge in [0.05, 0.1) is 31.1 Å². The molecule has 520 valence electrons. The molecule has 4 aromatic rings. The van der Waals surface area contributed by atoms with Crippen molar-refractivity contribution in [3.8, 4) is 5.75 Å². The zero-order chi connectivity index (χ0) is 70.3. The molecular formula is C61H88N16O16S2. The first-order valence-corrected chi connectivity index (χ1v) is 32.2. The Balaban J connectivity index is 1.43. The number of benzene rings is 3. The Morgan fingerprint density at radius 1 is 0.621 bits per heavy atom. The Morgan fingerprint density at radius 2 is 1.17 bits per heavy atom. The number of carbonyl (C=O) groups is 11. The molecule has 10 amide bonds. The van der Waals surface area contributed by atoms with Crippen molar-refractivity contribution in [3.63, 3.8) is 0 Å². The number of nitrogens with one attached hydrogen (secondary N) is 9. The van der Waals surface area contributed by atoms with Crippen LogP contribution in [0.3, 0.4) is 0 Å². The number of fused-ring (bicyclic) bond motifs is 1. The van der Waals surface area contributed by atoms with Gasteiger partial charge in [-0.15, -0.1) is 0 Å². The third kappa shape index (κ3) is 26.0. The second-order valence-electron chi connectivity index (χ2n) is 22.3. The van der Waals surface area contributed by atoms with Gasteiger partial charge in [0, 0.05) is 49.3 Å². The van der Waals surface area contributed by atoms with Crippen LogP contribution in [0.4, 0.5) is 0 Å². The number of para-hydroxylation sites is 1. The third-order valence-electron chi connectivity index (χ3n) is 14.9. The molecule has 0 saturated carbocycles. The maximum Gasteiger partial charge on any atom is 0.326 e. The van der Waals surface area contributed by atoms with Crippen molar-refractivity contribution in [1.29, 1.82) is 0 Å². The van der Waals surface area contributed by atoms with Crippen molar-refractivity contribution < 1.29 is 78.3 Å². The summed E-state index contributed by atoms with van der Waals surface area (Å²) >= 11 is 4.94. The summed E-state index contributed by atoms with van der Waals surface area (Å²) in [6.45, 7) is -0.450. The Kier molecular flexibility index (Phi) is 33.2. The lowest BCUT2D eigenvalue weighted by atomic mass is 10.0. The highest BCUT2D eigenvalue weighted by Gasteiger charge is 2.39. The summed E-state index contributed by atoms with van der Waals surface area (Å²) in [5.41, 5.74) is 30.7. The smallest absolute Gasteiger partial charge is 0.326 e. The number of thioether (sulfide) groups is 1. The van der Waals surface area contributed by atoms with Crippen LogP contribution in [0.25, 0.3) is 10.9 Å². The summed E-state index contributed by atoms with van der Waals surface area (Å²) in [4.78, 5) is 157. The van der Waals surface area contributed by atoms with Gasteiger partial charge in [-0.25, -0.2) is 4.79 Å². The molecule has 34 heteroatoms. The monoisotopic (exact) mass is 1360 g/mol. The number of carboxylic acids is 1. The van der Waals surface area contributed by atoms with E-state index in [9.17, 15) is 78.3 Å². The van der Waals surface area contributed by atoms with Gasteiger partial charge in [-0.3, -0.25) is 52.9 Å². The second-order valence-corrected chi connectivity index (χ2v) is 23.7. The number of carboxylic acid groups (broad SMARTS) is 1. The first kappa shape index (κ1) is 78.4. The minimum atomic E-state index is -1.76. The fourth-order valence-electron chi connectivity index (χ4n) is 9.60. The number of aromatic hydroxyl groups is 1. The summed E-state index contributed by atoms with van der Waals surface area (Å²) < 4.78 is 0. The van der Waals surface area contributed by atoms with Gasteiger partial charge in [-0.1, -0.05) is 60.7 Å². The number of nitrogens with zero attached hydrogens (tertiary/aromatic N) is 2. The molecule has 0 fully saturated rings. The van der Waals surface area contributed by atoms with E-state index in [1.165, 1.54) is 26.1 Å². The molecule has 0 unspecified atom stereocenters. The number of primary amides is 1. The largest absolute Gasteiger partial charge is 0.508 e. The number of aliphatic imine (C=N–C) groups is 1. The normalized spacial score (nSPS) is 14.6. The van der Waals surface area contributed by atoms with Crippen LogP contribution < -0.4 is 71.2 Å². The number of unbranched alkanes of at least 4 members (excludes halogenated alkanes) is 1. The number of hydrogen-bond acceptors (Lipinski definition) is 20. The highest BCUT2D eigenvalue weighted by molar-refractivity contribution is 7.99. The van der Waals surface area contributed by atoms with Crippen LogP contribution in [-0.4, -0.2) is 224 Å². The number of aliphatic hydroxyl groups excluding tert-OH is 3. The molecule has 0 bridgehead atoms. The van der Waals surface area contributed by atoms with Crippen LogP contribution in [0.1, 0.15) is 62.1 Å². The van der Waals surface area contributed by atoms with Crippen molar-refractivity contribution >= 4 is 106 Å². The number of aliphatic carboxylic acids is 1. The molecule has 0 saturated heterocycles. The molecule has 11 atom stereocenters. The fraction of sp³-hybridized carbons (Fsp3) is 0.475. The van der Waals surface area contributed by atoms with Crippen LogP contribution in [0.15, 0.2) is 90.1 Å². The number of amides is 10. The van der Waals surface area contributed by atoms with Crippen LogP contribution >= 0.6 is 24.4 Å². The highest BCUT2D eigenvalue weighted by Crippen LogP contribution is 2.21. The number of phenolic OH excluding ortho intramolecular Hbond substituents is 1. The van der Waals surface area contributed by atoms with E-state index < -0.39 is 151 Å². The lowest BCUT2D eigenvalue weighted by Crippen LogP contribution is -2.62. The van der Waals surface area contributed by atoms with Crippen molar-refractivity contribution in [2.75, 3.05) is 50.6 Å². The molecule has 1 aromatic heterocycles. The number of likely N-dealkylation sites (N-methyl/N-ethyl adjacent to an activating group) is 1. The molecule has 0 radical (unpaired) electrons. The number of thiol groups is 1. The van der Waals surface area contributed by atoms with Crippen molar-refractivity contribution in [1.82, 2.24) is 52.4 Å². The number of aliphatic hydroxyl groups is 3. The fourth-order valence-corrected chi connectivity index (χ4v) is 10.7. The lowest BCUT2D eigenvalue weighted by Gasteiger charge is -2.33. The number of nitrogens with two attached hydrogens (primary N) is 5. The van der Waals surface area contributed by atoms with E-state index in [4.69, 9.17) is 28.7 Å². The summed E-state index contributed by atoms with van der Waals surface area (Å²) in [5, 5.41) is 71.5. The van der Waals surface area contributed by atoms with E-state index in [1.807, 2.05) is 18.2 Å². The van der Waals surface area contributed by atoms with E-state index >= 15 is 0 Å². The summed E-state index contributed by atoms with van der Waals surface area (Å²) in [7, 11) is 1.22. The third-order valence-corrected chi connectivity index (χ3v) is 16.3. The van der Waals surface area contributed by atoms with E-state index in [0.717, 1.165) is 27.6 Å². The zero-order valence-electron chi connectivity index (χ0n) is 52.6. The Morgan fingerprint density at radius 3 is 1.78 bits per heavy atom. The van der Waals surface area contributed by atoms with Crippen molar-refractivity contribution in [2.45, 2.75) is 131 Å². The number of aromatic nitrogens is 1. The molecule has 0 aliphatic carbocycles. The number of phenols is 1. The van der Waals surface area contributed by atoms with E-state index in [2.05, 4.69) is 65.1 Å². The van der Waals surface area contributed by atoms with Gasteiger partial charge < -0.3 is 107 Å². The summed E-state index contributed by atoms with van der Waals surface area (Å²) in [6, 6.07) is 6.95. The molecule has 3 aromatic carbocycles. The van der Waals surface area contributed by atoms with E-state index in [-0.39, 0.29) is 81.3 Å². The predicted octanol–water partition coefficient (Wildman–Crippen LogP) is -4.89. The van der Waals surface area contributed by atoms with Crippen molar-refractivity contribution in [2.24, 2.45) is 33.7 Å². The van der Waals surface area contributed by atoms with E-state index in [0.29, 0.717) is 29.5 Å². The number of H-pyrrole nitrogens is 1. The van der Waals surface area contributed by atoms with Gasteiger partial charge in [0.1, 0.15) is 60.1 Å². The second kappa shape index (κ2) is 40.2. The molecule has 0 aliphatic heterocycles. The molecule has 0 aliphatic rings. The SMILES string of the molecule is C[C@@H](O)[C@H](NC(=O)[C@H](CCCCN)NC(=O)[C@@H](Cc1c[nH]c2ccccc12)NC(=O)[C@@H](N)Cc1ccc(O)cc1)C(=O)N(C)[C@@H](Cc1ccccc1)C(=O)N[C@@H](CCSCC(=O)N[C@@H](CO)C(=O)N[C@@H](CO)C(=O)N[C@@H](CS)C(=O)N[C@@H](CCCN=C(N)N)C(N)=O)C(=O)O. The molecule has 4 rings (SSSR count). The van der Waals surface area contributed by atoms with Crippen LogP contribution in [0.5, 0.6) is 5.75 Å². The van der Waals surface area contributed by atoms with Gasteiger partial charge in [0.25, 0.3) is 0 Å². The quantitative estimate of drug-likeness (QED) is 0.00856. The molecule has 95 heavy (non-hydrogen) atoms. The molecule has 24 N–H and O–H groups in total. The van der Waals surface area contributed by atoms with Gasteiger partial charge in [-0.2, -0.15) is 24.4 Å². The highest BCUT2D eigenvalue weighted by atomic mass is 32.2. The van der Waals surface area contributed by atoms with Crippen molar-refractivity contribution in [3.05, 3.63) is 102 Å². The predicted molar refractivity (Wildman–Crippen MR) is 355 cm³/mol. The minimum Gasteiger partial charge on any atom is -0.508 e. The minimum absolute atomic E-state index is 0.0110. The number of carbonyl (C=O) groups excluding carboxylic acids is 10. The number of aromatic amines is 1. The number of rotatable bonds is 42. The first-order valence-electron chi connectivity index (χ1n) is 30.4. The molecular weight excluding hydrogens is 1280 g/mol. The Hall–Kier alpha value is -9.06. The van der Waals surface area contributed by atoms with Gasteiger partial charge in [-0.05, 0) is 99.1 Å². The lowest BCUT2D eigenvalue weighted by molar-refractivity contribution is -0.146. The average Bonchev–Trinajstić information content (AvgIpc) is 1.83. The Bertz CT molecular complexity index is 3250. The van der Waals surface area contributed by atoms with Gasteiger partial charge in [0.2, 0.25) is 59.1 Å².